The molecule has 0 heterocycles. The number of esters is 1. The number of rotatable bonds is 6. The smallest absolute Gasteiger partial charge is 0.330 e. The van der Waals surface area contributed by atoms with Gasteiger partial charge in [0.2, 0.25) is 0 Å². The van der Waals surface area contributed by atoms with Gasteiger partial charge in [-0.15, -0.1) is 0 Å². The molecule has 1 unspecified atom stereocenters. The zero-order valence-corrected chi connectivity index (χ0v) is 14.9. The van der Waals surface area contributed by atoms with Gasteiger partial charge in [-0.2, -0.15) is 0 Å². The zero-order chi connectivity index (χ0) is 17.5. The molecule has 0 amide bonds. The van der Waals surface area contributed by atoms with Crippen molar-refractivity contribution in [2.24, 2.45) is 11.8 Å². The number of allylic oxidation sites excluding steroid dienone is 1. The van der Waals surface area contributed by atoms with Crippen molar-refractivity contribution in [1.82, 2.24) is 4.90 Å². The Morgan fingerprint density at radius 3 is 2.62 bits per heavy atom. The average molecular weight is 333 g/mol. The minimum atomic E-state index is -0.259. The molecule has 0 radical (unpaired) electrons. The third kappa shape index (κ3) is 5.17. The largest absolute Gasteiger partial charge is 0.463 e. The van der Waals surface area contributed by atoms with Gasteiger partial charge < -0.3 is 9.64 Å². The number of carbonyl (C=O) groups is 1. The van der Waals surface area contributed by atoms with Gasteiger partial charge in [0.1, 0.15) is 5.82 Å². The highest BCUT2D eigenvalue weighted by Crippen LogP contribution is 2.39. The number of ether oxygens (including phenoxy) is 1. The van der Waals surface area contributed by atoms with E-state index in [1.807, 2.05) is 19.1 Å². The van der Waals surface area contributed by atoms with E-state index < -0.39 is 0 Å². The molecule has 0 N–H and O–H groups in total. The lowest BCUT2D eigenvalue weighted by atomic mass is 9.76. The van der Waals surface area contributed by atoms with Crippen LogP contribution >= 0.6 is 0 Å². The van der Waals surface area contributed by atoms with Crippen molar-refractivity contribution in [2.75, 3.05) is 20.7 Å². The zero-order valence-electron chi connectivity index (χ0n) is 14.9. The summed E-state index contributed by atoms with van der Waals surface area (Å²) in [5, 5.41) is 0. The minimum Gasteiger partial charge on any atom is -0.463 e. The van der Waals surface area contributed by atoms with Crippen LogP contribution in [0.15, 0.2) is 36.4 Å². The van der Waals surface area contributed by atoms with Gasteiger partial charge >= 0.3 is 5.97 Å². The van der Waals surface area contributed by atoms with Crippen LogP contribution < -0.4 is 0 Å². The summed E-state index contributed by atoms with van der Waals surface area (Å²) < 4.78 is 18.5. The predicted octanol–water partition coefficient (Wildman–Crippen LogP) is 4.35. The summed E-state index contributed by atoms with van der Waals surface area (Å²) in [7, 11) is 4.12. The highest BCUT2D eigenvalue weighted by atomic mass is 19.1. The Balaban J connectivity index is 1.97. The molecule has 24 heavy (non-hydrogen) atoms. The Morgan fingerprint density at radius 1 is 1.33 bits per heavy atom. The molecule has 1 aliphatic rings. The van der Waals surface area contributed by atoms with Crippen LogP contribution in [0.3, 0.4) is 0 Å². The van der Waals surface area contributed by atoms with Gasteiger partial charge in [-0.05, 0) is 76.2 Å². The fourth-order valence-corrected chi connectivity index (χ4v) is 3.74. The molecule has 1 fully saturated rings. The first-order valence-corrected chi connectivity index (χ1v) is 8.78. The second-order valence-corrected chi connectivity index (χ2v) is 6.75. The van der Waals surface area contributed by atoms with E-state index in [1.54, 1.807) is 18.2 Å². The number of benzene rings is 1. The molecule has 0 aliphatic heterocycles. The molecule has 2 rings (SSSR count). The third-order valence-corrected chi connectivity index (χ3v) is 4.80. The summed E-state index contributed by atoms with van der Waals surface area (Å²) >= 11 is 0. The van der Waals surface area contributed by atoms with Crippen molar-refractivity contribution in [3.63, 3.8) is 0 Å². The molecule has 0 spiro atoms. The Morgan fingerprint density at radius 2 is 2.04 bits per heavy atom. The van der Waals surface area contributed by atoms with E-state index in [0.717, 1.165) is 31.2 Å². The number of halogens is 1. The van der Waals surface area contributed by atoms with Crippen molar-refractivity contribution in [3.8, 4) is 0 Å². The SMILES string of the molecule is CCOC(=O)/C=C/C1CCC(C(c2cccc(F)c2)N(C)C)CC1. The number of carbonyl (C=O) groups excluding carboxylic acids is 1. The number of hydrogen-bond donors (Lipinski definition) is 0. The molecule has 0 saturated heterocycles. The summed E-state index contributed by atoms with van der Waals surface area (Å²) in [6.45, 7) is 2.22. The molecule has 1 aliphatic carbocycles. The van der Waals surface area contributed by atoms with E-state index >= 15 is 0 Å². The van der Waals surface area contributed by atoms with Crippen LogP contribution in [0, 0.1) is 17.7 Å². The second kappa shape index (κ2) is 8.97. The lowest BCUT2D eigenvalue weighted by Crippen LogP contribution is -2.30. The highest BCUT2D eigenvalue weighted by Gasteiger charge is 2.29. The van der Waals surface area contributed by atoms with Crippen LogP contribution in [0.25, 0.3) is 0 Å². The Labute approximate surface area is 144 Å². The van der Waals surface area contributed by atoms with Crippen molar-refractivity contribution < 1.29 is 13.9 Å². The van der Waals surface area contributed by atoms with Crippen molar-refractivity contribution in [2.45, 2.75) is 38.6 Å². The molecule has 3 nitrogen and oxygen atoms in total. The Hall–Kier alpha value is -1.68. The first kappa shape index (κ1) is 18.7. The van der Waals surface area contributed by atoms with Gasteiger partial charge in [0.05, 0.1) is 6.61 Å². The summed E-state index contributed by atoms with van der Waals surface area (Å²) in [5.41, 5.74) is 1.05. The third-order valence-electron chi connectivity index (χ3n) is 4.80. The van der Waals surface area contributed by atoms with Crippen LogP contribution in [0.2, 0.25) is 0 Å². The van der Waals surface area contributed by atoms with Gasteiger partial charge in [0, 0.05) is 12.1 Å². The first-order chi connectivity index (χ1) is 11.5. The molecule has 4 heteroatoms. The van der Waals surface area contributed by atoms with Gasteiger partial charge in [0.25, 0.3) is 0 Å². The minimum absolute atomic E-state index is 0.176. The molecule has 0 bridgehead atoms. The molecule has 0 aromatic heterocycles. The summed E-state index contributed by atoms with van der Waals surface area (Å²) in [5.74, 6) is 0.506. The maximum absolute atomic E-state index is 13.6. The quantitative estimate of drug-likeness (QED) is 0.572. The van der Waals surface area contributed by atoms with E-state index in [9.17, 15) is 9.18 Å². The van der Waals surface area contributed by atoms with Crippen LogP contribution in [-0.2, 0) is 9.53 Å². The summed E-state index contributed by atoms with van der Waals surface area (Å²) in [6.07, 6.45) is 7.82. The standard InChI is InChI=1S/C20H28FNO2/c1-4-24-19(23)13-10-15-8-11-16(12-9-15)20(22(2)3)17-6-5-7-18(21)14-17/h5-7,10,13-16,20H,4,8-9,11-12H2,1-3H3/b13-10+. The molecule has 1 atom stereocenters. The van der Waals surface area contributed by atoms with Crippen molar-refractivity contribution in [3.05, 3.63) is 47.8 Å². The predicted molar refractivity (Wildman–Crippen MR) is 94.0 cm³/mol. The lowest BCUT2D eigenvalue weighted by molar-refractivity contribution is -0.137. The molecule has 132 valence electrons. The Kier molecular flexibility index (Phi) is 6.98. The van der Waals surface area contributed by atoms with E-state index in [4.69, 9.17) is 4.74 Å². The monoisotopic (exact) mass is 333 g/mol. The first-order valence-electron chi connectivity index (χ1n) is 8.78. The van der Waals surface area contributed by atoms with E-state index in [1.165, 1.54) is 6.07 Å². The highest BCUT2D eigenvalue weighted by molar-refractivity contribution is 5.81. The van der Waals surface area contributed by atoms with Gasteiger partial charge in [0.15, 0.2) is 0 Å². The fraction of sp³-hybridized carbons (Fsp3) is 0.550. The van der Waals surface area contributed by atoms with Crippen LogP contribution in [0.4, 0.5) is 4.39 Å². The maximum atomic E-state index is 13.6. The van der Waals surface area contributed by atoms with E-state index in [0.29, 0.717) is 18.4 Å². The van der Waals surface area contributed by atoms with E-state index in [-0.39, 0.29) is 17.8 Å². The van der Waals surface area contributed by atoms with Crippen molar-refractivity contribution >= 4 is 5.97 Å². The maximum Gasteiger partial charge on any atom is 0.330 e. The van der Waals surface area contributed by atoms with Gasteiger partial charge in [-0.3, -0.25) is 0 Å². The molecule has 1 saturated carbocycles. The van der Waals surface area contributed by atoms with Gasteiger partial charge in [-0.1, -0.05) is 18.2 Å². The normalized spacial score (nSPS) is 22.7. The second-order valence-electron chi connectivity index (χ2n) is 6.75. The molecule has 1 aromatic carbocycles. The number of hydrogen-bond acceptors (Lipinski definition) is 3. The lowest BCUT2D eigenvalue weighted by Gasteiger charge is -2.37. The fourth-order valence-electron chi connectivity index (χ4n) is 3.74. The topological polar surface area (TPSA) is 29.5 Å². The van der Waals surface area contributed by atoms with Crippen LogP contribution in [0.5, 0.6) is 0 Å². The Bertz CT molecular complexity index is 563. The average Bonchev–Trinajstić information content (AvgIpc) is 2.54. The summed E-state index contributed by atoms with van der Waals surface area (Å²) in [4.78, 5) is 13.6. The van der Waals surface area contributed by atoms with Crippen molar-refractivity contribution in [1.29, 1.82) is 0 Å². The van der Waals surface area contributed by atoms with Crippen LogP contribution in [0.1, 0.15) is 44.2 Å². The number of nitrogens with zero attached hydrogens (tertiary/aromatic N) is 1. The molecule has 1 aromatic rings. The van der Waals surface area contributed by atoms with E-state index in [2.05, 4.69) is 19.0 Å². The summed E-state index contributed by atoms with van der Waals surface area (Å²) in [6, 6.07) is 7.18. The van der Waals surface area contributed by atoms with Crippen LogP contribution in [-0.4, -0.2) is 31.6 Å². The molecular weight excluding hydrogens is 305 g/mol. The molecular formula is C20H28FNO2. The van der Waals surface area contributed by atoms with Gasteiger partial charge in [-0.25, -0.2) is 9.18 Å².